The van der Waals surface area contributed by atoms with Gasteiger partial charge >= 0.3 is 0 Å². The summed E-state index contributed by atoms with van der Waals surface area (Å²) >= 11 is 3.53. The fraction of sp³-hybridized carbons (Fsp3) is 0.625. The Morgan fingerprint density at radius 1 is 1.30 bits per heavy atom. The van der Waals surface area contributed by atoms with Crippen LogP contribution < -0.4 is 5.32 Å². The van der Waals surface area contributed by atoms with Crippen LogP contribution in [0.15, 0.2) is 28.7 Å². The molecule has 0 heterocycles. The summed E-state index contributed by atoms with van der Waals surface area (Å²) < 4.78 is 6.72. The standard InChI is InChI=1S/C16H27BrN2O/c1-13(2)20-11-10-19(4)9-8-16(18-3)14-6-5-7-15(17)12-14/h5-7,12-13,16,18H,8-11H2,1-4H3. The van der Waals surface area contributed by atoms with Crippen LogP contribution in [0.5, 0.6) is 0 Å². The second-order valence-electron chi connectivity index (χ2n) is 5.41. The van der Waals surface area contributed by atoms with Crippen molar-refractivity contribution in [3.63, 3.8) is 0 Å². The number of nitrogens with zero attached hydrogens (tertiary/aromatic N) is 1. The Balaban J connectivity index is 2.37. The highest BCUT2D eigenvalue weighted by molar-refractivity contribution is 9.10. The molecule has 0 amide bonds. The zero-order valence-electron chi connectivity index (χ0n) is 13.0. The van der Waals surface area contributed by atoms with Crippen LogP contribution >= 0.6 is 15.9 Å². The summed E-state index contributed by atoms with van der Waals surface area (Å²) in [5, 5.41) is 3.40. The summed E-state index contributed by atoms with van der Waals surface area (Å²) in [6.45, 7) is 6.98. The van der Waals surface area contributed by atoms with Gasteiger partial charge in [-0.1, -0.05) is 28.1 Å². The fourth-order valence-corrected chi connectivity index (χ4v) is 2.52. The number of benzene rings is 1. The summed E-state index contributed by atoms with van der Waals surface area (Å²) in [5.74, 6) is 0. The maximum Gasteiger partial charge on any atom is 0.0596 e. The number of halogens is 1. The average Bonchev–Trinajstić information content (AvgIpc) is 2.39. The Hall–Kier alpha value is -0.420. The van der Waals surface area contributed by atoms with Crippen LogP contribution in [0, 0.1) is 0 Å². The minimum absolute atomic E-state index is 0.315. The van der Waals surface area contributed by atoms with E-state index in [1.165, 1.54) is 5.56 Å². The van der Waals surface area contributed by atoms with E-state index in [2.05, 4.69) is 71.3 Å². The van der Waals surface area contributed by atoms with E-state index in [9.17, 15) is 0 Å². The summed E-state index contributed by atoms with van der Waals surface area (Å²) in [6.07, 6.45) is 1.40. The van der Waals surface area contributed by atoms with Crippen LogP contribution in [0.3, 0.4) is 0 Å². The first-order valence-electron chi connectivity index (χ1n) is 7.25. The highest BCUT2D eigenvalue weighted by Crippen LogP contribution is 2.20. The van der Waals surface area contributed by atoms with Gasteiger partial charge in [0.2, 0.25) is 0 Å². The van der Waals surface area contributed by atoms with E-state index in [0.29, 0.717) is 12.1 Å². The largest absolute Gasteiger partial charge is 0.377 e. The van der Waals surface area contributed by atoms with E-state index in [-0.39, 0.29) is 0 Å². The van der Waals surface area contributed by atoms with Gasteiger partial charge in [0, 0.05) is 17.1 Å². The molecule has 0 saturated carbocycles. The van der Waals surface area contributed by atoms with Crippen molar-refractivity contribution in [3.05, 3.63) is 34.3 Å². The van der Waals surface area contributed by atoms with Gasteiger partial charge < -0.3 is 15.0 Å². The molecule has 0 aliphatic heterocycles. The van der Waals surface area contributed by atoms with Gasteiger partial charge in [-0.05, 0) is 58.6 Å². The molecule has 0 aliphatic carbocycles. The zero-order valence-corrected chi connectivity index (χ0v) is 14.6. The van der Waals surface area contributed by atoms with Crippen molar-refractivity contribution in [2.24, 2.45) is 0 Å². The lowest BCUT2D eigenvalue weighted by Gasteiger charge is -2.22. The molecule has 1 rings (SSSR count). The Kier molecular flexibility index (Phi) is 8.38. The topological polar surface area (TPSA) is 24.5 Å². The second-order valence-corrected chi connectivity index (χ2v) is 6.32. The molecule has 3 nitrogen and oxygen atoms in total. The van der Waals surface area contributed by atoms with Crippen LogP contribution in [0.25, 0.3) is 0 Å². The van der Waals surface area contributed by atoms with Crippen molar-refractivity contribution < 1.29 is 4.74 Å². The van der Waals surface area contributed by atoms with Crippen LogP contribution in [0.1, 0.15) is 31.9 Å². The molecule has 0 radical (unpaired) electrons. The van der Waals surface area contributed by atoms with E-state index in [4.69, 9.17) is 4.74 Å². The minimum Gasteiger partial charge on any atom is -0.377 e. The lowest BCUT2D eigenvalue weighted by Crippen LogP contribution is -2.28. The molecule has 0 aromatic heterocycles. The third-order valence-electron chi connectivity index (χ3n) is 3.32. The maximum atomic E-state index is 5.58. The van der Waals surface area contributed by atoms with Gasteiger partial charge in [-0.15, -0.1) is 0 Å². The minimum atomic E-state index is 0.315. The van der Waals surface area contributed by atoms with Gasteiger partial charge in [0.15, 0.2) is 0 Å². The Bertz CT molecular complexity index is 384. The predicted octanol–water partition coefficient (Wildman–Crippen LogP) is 3.46. The lowest BCUT2D eigenvalue weighted by molar-refractivity contribution is 0.0633. The molecule has 1 atom stereocenters. The average molecular weight is 343 g/mol. The smallest absolute Gasteiger partial charge is 0.0596 e. The molecule has 0 fully saturated rings. The fourth-order valence-electron chi connectivity index (χ4n) is 2.11. The van der Waals surface area contributed by atoms with Gasteiger partial charge in [-0.2, -0.15) is 0 Å². The monoisotopic (exact) mass is 342 g/mol. The van der Waals surface area contributed by atoms with Gasteiger partial charge in [0.1, 0.15) is 0 Å². The van der Waals surface area contributed by atoms with Crippen LogP contribution in [-0.2, 0) is 4.74 Å². The third kappa shape index (κ3) is 6.84. The Morgan fingerprint density at radius 3 is 2.65 bits per heavy atom. The van der Waals surface area contributed by atoms with Crippen LogP contribution in [-0.4, -0.2) is 44.8 Å². The van der Waals surface area contributed by atoms with Crippen molar-refractivity contribution in [1.82, 2.24) is 10.2 Å². The number of likely N-dealkylation sites (N-methyl/N-ethyl adjacent to an activating group) is 1. The molecule has 1 unspecified atom stereocenters. The quantitative estimate of drug-likeness (QED) is 0.743. The molecule has 0 aliphatic rings. The van der Waals surface area contributed by atoms with E-state index >= 15 is 0 Å². The number of hydrogen-bond acceptors (Lipinski definition) is 3. The van der Waals surface area contributed by atoms with Crippen molar-refractivity contribution in [2.45, 2.75) is 32.4 Å². The Labute approximate surface area is 131 Å². The van der Waals surface area contributed by atoms with E-state index in [1.807, 2.05) is 7.05 Å². The first kappa shape index (κ1) is 17.6. The van der Waals surface area contributed by atoms with Crippen molar-refractivity contribution in [2.75, 3.05) is 33.8 Å². The van der Waals surface area contributed by atoms with Gasteiger partial charge in [0.25, 0.3) is 0 Å². The van der Waals surface area contributed by atoms with Gasteiger partial charge in [-0.25, -0.2) is 0 Å². The number of rotatable bonds is 9. The van der Waals surface area contributed by atoms with E-state index in [0.717, 1.165) is 30.6 Å². The molecule has 4 heteroatoms. The molecule has 114 valence electrons. The number of hydrogen-bond donors (Lipinski definition) is 1. The molecule has 20 heavy (non-hydrogen) atoms. The third-order valence-corrected chi connectivity index (χ3v) is 3.82. The summed E-state index contributed by atoms with van der Waals surface area (Å²) in [5.41, 5.74) is 1.33. The summed E-state index contributed by atoms with van der Waals surface area (Å²) in [7, 11) is 4.17. The van der Waals surface area contributed by atoms with Crippen molar-refractivity contribution in [3.8, 4) is 0 Å². The summed E-state index contributed by atoms with van der Waals surface area (Å²) in [6, 6.07) is 8.90. The van der Waals surface area contributed by atoms with E-state index < -0.39 is 0 Å². The first-order chi connectivity index (χ1) is 9.52. The molecule has 1 N–H and O–H groups in total. The van der Waals surface area contributed by atoms with Gasteiger partial charge in [-0.3, -0.25) is 0 Å². The van der Waals surface area contributed by atoms with Crippen LogP contribution in [0.2, 0.25) is 0 Å². The predicted molar refractivity (Wildman–Crippen MR) is 89.1 cm³/mol. The molecule has 1 aromatic rings. The number of nitrogens with one attached hydrogen (secondary N) is 1. The first-order valence-corrected chi connectivity index (χ1v) is 8.05. The normalized spacial score (nSPS) is 13.2. The summed E-state index contributed by atoms with van der Waals surface area (Å²) in [4.78, 5) is 2.32. The maximum absolute atomic E-state index is 5.58. The molecular formula is C16H27BrN2O. The Morgan fingerprint density at radius 2 is 2.05 bits per heavy atom. The number of ether oxygens (including phenoxy) is 1. The van der Waals surface area contributed by atoms with Gasteiger partial charge in [0.05, 0.1) is 12.7 Å². The van der Waals surface area contributed by atoms with Crippen molar-refractivity contribution in [1.29, 1.82) is 0 Å². The zero-order chi connectivity index (χ0) is 15.0. The molecule has 0 bridgehead atoms. The second kappa shape index (κ2) is 9.50. The van der Waals surface area contributed by atoms with Crippen molar-refractivity contribution >= 4 is 15.9 Å². The highest BCUT2D eigenvalue weighted by atomic mass is 79.9. The molecular weight excluding hydrogens is 316 g/mol. The molecule has 0 saturated heterocycles. The molecule has 0 spiro atoms. The van der Waals surface area contributed by atoms with Crippen LogP contribution in [0.4, 0.5) is 0 Å². The molecule has 1 aromatic carbocycles. The SMILES string of the molecule is CNC(CCN(C)CCOC(C)C)c1cccc(Br)c1. The highest BCUT2D eigenvalue weighted by Gasteiger charge is 2.10. The van der Waals surface area contributed by atoms with E-state index in [1.54, 1.807) is 0 Å². The lowest BCUT2D eigenvalue weighted by atomic mass is 10.0.